The predicted molar refractivity (Wildman–Crippen MR) is 53.6 cm³/mol. The highest BCUT2D eigenvalue weighted by atomic mass is 16.5. The number of carboxylic acid groups (broad SMARTS) is 2. The quantitative estimate of drug-likeness (QED) is 0.529. The third-order valence-corrected chi connectivity index (χ3v) is 7.69. The van der Waals surface area contributed by atoms with Crippen LogP contribution in [0.1, 0.15) is 6.42 Å². The maximum atomic E-state index is 11.4. The Kier molecular flexibility index (Phi) is 1.19. The van der Waals surface area contributed by atoms with Crippen molar-refractivity contribution in [1.82, 2.24) is 0 Å². The van der Waals surface area contributed by atoms with Crippen LogP contribution < -0.4 is 10.2 Å². The standard InChI is InChI=1S/C14H14O5/c15-12(16)10(13(17)18)14-8-3-1-2-4-5(3)9(14)7(4)11(19-14)6(2)8/h2-11H,1H2,(H,15,16)(H,17,18)/p-2/t2-,3-,4-,5-,6-,7-,8?,9?,11+,14-/m1/s1. The van der Waals surface area contributed by atoms with Crippen molar-refractivity contribution < 1.29 is 24.5 Å². The Balaban J connectivity index is 1.60. The molecule has 7 fully saturated rings. The monoisotopic (exact) mass is 260 g/mol. The molecule has 5 heteroatoms. The Morgan fingerprint density at radius 1 is 1.00 bits per heavy atom. The minimum Gasteiger partial charge on any atom is -0.549 e. The Hall–Kier alpha value is -1.10. The Bertz CT molecular complexity index is 548. The number of carboxylic acids is 2. The molecule has 0 N–H and O–H groups in total. The summed E-state index contributed by atoms with van der Waals surface area (Å²) in [5.74, 6) is -1.03. The van der Waals surface area contributed by atoms with E-state index in [4.69, 9.17) is 4.74 Å². The number of carbonyl (C=O) groups is 2. The molecule has 2 heterocycles. The zero-order valence-corrected chi connectivity index (χ0v) is 10.0. The summed E-state index contributed by atoms with van der Waals surface area (Å²) in [6.45, 7) is 0. The maximum absolute atomic E-state index is 11.4. The topological polar surface area (TPSA) is 89.5 Å². The number of aliphatic carboxylic acids is 2. The summed E-state index contributed by atoms with van der Waals surface area (Å²) in [6, 6.07) is 0. The van der Waals surface area contributed by atoms with Crippen molar-refractivity contribution in [1.29, 1.82) is 0 Å². The molecule has 0 aromatic heterocycles. The molecule has 2 unspecified atom stereocenters. The molecule has 0 radical (unpaired) electrons. The van der Waals surface area contributed by atoms with Gasteiger partial charge in [-0.05, 0) is 53.8 Å². The minimum atomic E-state index is -1.58. The van der Waals surface area contributed by atoms with E-state index in [1.165, 1.54) is 6.42 Å². The van der Waals surface area contributed by atoms with Gasteiger partial charge in [0.15, 0.2) is 0 Å². The van der Waals surface area contributed by atoms with Crippen LogP contribution in [0.25, 0.3) is 0 Å². The van der Waals surface area contributed by atoms with E-state index in [1.54, 1.807) is 0 Å². The fraction of sp³-hybridized carbons (Fsp3) is 0.857. The Labute approximate surface area is 108 Å². The lowest BCUT2D eigenvalue weighted by molar-refractivity contribution is -0.341. The molecule has 5 saturated carbocycles. The molecule has 19 heavy (non-hydrogen) atoms. The van der Waals surface area contributed by atoms with E-state index in [-0.39, 0.29) is 17.9 Å². The summed E-state index contributed by atoms with van der Waals surface area (Å²) in [4.78, 5) is 22.8. The summed E-state index contributed by atoms with van der Waals surface area (Å²) in [7, 11) is 0. The first-order valence-electron chi connectivity index (χ1n) is 7.18. The molecule has 7 rings (SSSR count). The second-order valence-electron chi connectivity index (χ2n) is 7.43. The molecular formula is C14H12O5-2. The fourth-order valence-electron chi connectivity index (χ4n) is 8.00. The van der Waals surface area contributed by atoms with Crippen LogP contribution >= 0.6 is 0 Å². The number of carbonyl (C=O) groups excluding carboxylic acids is 2. The van der Waals surface area contributed by atoms with Gasteiger partial charge in [-0.2, -0.15) is 0 Å². The summed E-state index contributed by atoms with van der Waals surface area (Å²) in [6.07, 6.45) is 1.31. The molecule has 5 nitrogen and oxygen atoms in total. The normalized spacial score (nSPS) is 67.5. The van der Waals surface area contributed by atoms with E-state index in [1.807, 2.05) is 0 Å². The molecule has 0 aromatic rings. The number of rotatable bonds is 3. The molecule has 7 aliphatic rings. The van der Waals surface area contributed by atoms with Gasteiger partial charge in [-0.15, -0.1) is 0 Å². The lowest BCUT2D eigenvalue weighted by Crippen LogP contribution is -2.61. The van der Waals surface area contributed by atoms with Gasteiger partial charge < -0.3 is 24.5 Å². The smallest absolute Gasteiger partial charge is 0.0887 e. The van der Waals surface area contributed by atoms with Gasteiger partial charge in [-0.3, -0.25) is 0 Å². The molecule has 0 spiro atoms. The first-order chi connectivity index (χ1) is 9.09. The SMILES string of the molecule is O=C([O-])C(C(=O)[O-])[C@]12O[C@@H]3[C@H]4C1[C@H]1[C@H]4[C@H]4C[C@H]1C2[C@@H]43. The minimum absolute atomic E-state index is 0.134. The molecule has 0 amide bonds. The first kappa shape index (κ1) is 9.75. The molecule has 2 saturated heterocycles. The lowest BCUT2D eigenvalue weighted by atomic mass is 9.55. The second kappa shape index (κ2) is 2.32. The van der Waals surface area contributed by atoms with Crippen molar-refractivity contribution in [2.75, 3.05) is 0 Å². The van der Waals surface area contributed by atoms with Crippen LogP contribution in [0.5, 0.6) is 0 Å². The number of ether oxygens (including phenoxy) is 1. The van der Waals surface area contributed by atoms with Crippen LogP contribution in [-0.2, 0) is 14.3 Å². The van der Waals surface area contributed by atoms with Crippen molar-refractivity contribution in [3.8, 4) is 0 Å². The summed E-state index contributed by atoms with van der Waals surface area (Å²) < 4.78 is 6.10. The van der Waals surface area contributed by atoms with Crippen LogP contribution in [0.15, 0.2) is 0 Å². The Morgan fingerprint density at radius 2 is 1.74 bits per heavy atom. The van der Waals surface area contributed by atoms with Gasteiger partial charge in [-0.1, -0.05) is 0 Å². The van der Waals surface area contributed by atoms with E-state index >= 15 is 0 Å². The fourth-order valence-corrected chi connectivity index (χ4v) is 8.00. The summed E-state index contributed by atoms with van der Waals surface area (Å²) in [5, 5.41) is 22.8. The van der Waals surface area contributed by atoms with Crippen molar-refractivity contribution in [3.63, 3.8) is 0 Å². The summed E-state index contributed by atoms with van der Waals surface area (Å²) in [5.41, 5.74) is -0.977. The van der Waals surface area contributed by atoms with Gasteiger partial charge in [0.2, 0.25) is 0 Å². The zero-order valence-electron chi connectivity index (χ0n) is 10.0. The van der Waals surface area contributed by atoms with Crippen LogP contribution in [0.3, 0.4) is 0 Å². The van der Waals surface area contributed by atoms with Crippen molar-refractivity contribution >= 4 is 11.9 Å². The molecular weight excluding hydrogens is 248 g/mol. The average molecular weight is 260 g/mol. The van der Waals surface area contributed by atoms with Crippen molar-refractivity contribution in [3.05, 3.63) is 0 Å². The van der Waals surface area contributed by atoms with Crippen molar-refractivity contribution in [2.45, 2.75) is 18.1 Å². The lowest BCUT2D eigenvalue weighted by Gasteiger charge is -2.48. The number of hydrogen-bond donors (Lipinski definition) is 0. The van der Waals surface area contributed by atoms with Gasteiger partial charge in [0.25, 0.3) is 0 Å². The number of hydrogen-bond acceptors (Lipinski definition) is 5. The first-order valence-corrected chi connectivity index (χ1v) is 7.18. The van der Waals surface area contributed by atoms with Gasteiger partial charge in [0, 0.05) is 0 Å². The highest BCUT2D eigenvalue weighted by Gasteiger charge is 2.93. The van der Waals surface area contributed by atoms with E-state index in [9.17, 15) is 19.8 Å². The van der Waals surface area contributed by atoms with Crippen LogP contribution in [0, 0.1) is 53.3 Å². The average Bonchev–Trinajstić information content (AvgIpc) is 2.87. The molecule has 4 bridgehead atoms. The molecule has 0 aromatic carbocycles. The van der Waals surface area contributed by atoms with Gasteiger partial charge in [-0.25, -0.2) is 0 Å². The molecule has 5 aliphatic carbocycles. The predicted octanol–water partition coefficient (Wildman–Crippen LogP) is -2.37. The molecule has 2 aliphatic heterocycles. The summed E-state index contributed by atoms with van der Waals surface area (Å²) >= 11 is 0. The highest BCUT2D eigenvalue weighted by Crippen LogP contribution is 2.91. The van der Waals surface area contributed by atoms with Crippen molar-refractivity contribution in [2.24, 2.45) is 53.3 Å². The second-order valence-corrected chi connectivity index (χ2v) is 7.43. The van der Waals surface area contributed by atoms with Crippen LogP contribution in [0.4, 0.5) is 0 Å². The Morgan fingerprint density at radius 3 is 2.42 bits per heavy atom. The third kappa shape index (κ3) is 0.618. The van der Waals surface area contributed by atoms with E-state index in [0.717, 1.165) is 0 Å². The third-order valence-electron chi connectivity index (χ3n) is 7.69. The van der Waals surface area contributed by atoms with E-state index in [0.29, 0.717) is 35.5 Å². The largest absolute Gasteiger partial charge is 0.549 e. The van der Waals surface area contributed by atoms with Gasteiger partial charge in [0.05, 0.1) is 29.6 Å². The zero-order chi connectivity index (χ0) is 12.8. The maximum Gasteiger partial charge on any atom is 0.0887 e. The van der Waals surface area contributed by atoms with Gasteiger partial charge >= 0.3 is 0 Å². The molecule has 100 valence electrons. The van der Waals surface area contributed by atoms with Gasteiger partial charge in [0.1, 0.15) is 0 Å². The molecule has 10 atom stereocenters. The highest BCUT2D eigenvalue weighted by molar-refractivity contribution is 5.93. The van der Waals surface area contributed by atoms with Crippen LogP contribution in [0.2, 0.25) is 0 Å². The van der Waals surface area contributed by atoms with E-state index < -0.39 is 23.5 Å². The van der Waals surface area contributed by atoms with Crippen LogP contribution in [-0.4, -0.2) is 23.6 Å². The van der Waals surface area contributed by atoms with E-state index in [2.05, 4.69) is 0 Å².